The Hall–Kier alpha value is -2.02. The highest BCUT2D eigenvalue weighted by Crippen LogP contribution is 2.48. The van der Waals surface area contributed by atoms with Gasteiger partial charge in [0.2, 0.25) is 5.91 Å². The highest BCUT2D eigenvalue weighted by Gasteiger charge is 2.52. The minimum Gasteiger partial charge on any atom is -0.394 e. The van der Waals surface area contributed by atoms with Gasteiger partial charge in [0.1, 0.15) is 6.33 Å². The molecular formula is C17H24N4O3. The van der Waals surface area contributed by atoms with Crippen molar-refractivity contribution in [1.82, 2.24) is 19.8 Å². The summed E-state index contributed by atoms with van der Waals surface area (Å²) >= 11 is 0. The average molecular weight is 332 g/mol. The van der Waals surface area contributed by atoms with E-state index in [-0.39, 0.29) is 23.8 Å². The summed E-state index contributed by atoms with van der Waals surface area (Å²) in [5, 5.41) is 9.78. The Kier molecular flexibility index (Phi) is 4.29. The van der Waals surface area contributed by atoms with Gasteiger partial charge in [-0.1, -0.05) is 0 Å². The summed E-state index contributed by atoms with van der Waals surface area (Å²) in [7, 11) is 0. The molecule has 1 atom stereocenters. The largest absolute Gasteiger partial charge is 0.394 e. The topological polar surface area (TPSA) is 86.6 Å². The molecule has 1 aromatic rings. The maximum absolute atomic E-state index is 12.5. The zero-order valence-corrected chi connectivity index (χ0v) is 14.2. The Morgan fingerprint density at radius 2 is 1.88 bits per heavy atom. The molecule has 0 unspecified atom stereocenters. The molecule has 0 aliphatic carbocycles. The second kappa shape index (κ2) is 6.12. The van der Waals surface area contributed by atoms with E-state index in [4.69, 9.17) is 0 Å². The van der Waals surface area contributed by atoms with E-state index in [0.29, 0.717) is 25.2 Å². The van der Waals surface area contributed by atoms with Gasteiger partial charge in [-0.15, -0.1) is 0 Å². The number of hydrogen-bond donors (Lipinski definition) is 1. The van der Waals surface area contributed by atoms with Crippen LogP contribution in [0.25, 0.3) is 0 Å². The van der Waals surface area contributed by atoms with Crippen LogP contribution in [0, 0.1) is 5.41 Å². The van der Waals surface area contributed by atoms with Crippen molar-refractivity contribution in [2.75, 3.05) is 26.2 Å². The standard InChI is InChI=1S/C17H24N4O3/c1-13(23)21-10-17(9-16(21,2)11-22)3-5-20(6-4-17)15(24)14-7-18-12-19-8-14/h7-8,12,22H,3-6,9-11H2,1-2H3/t16-/m1/s1. The summed E-state index contributed by atoms with van der Waals surface area (Å²) in [5.74, 6) is -0.0415. The molecular weight excluding hydrogens is 308 g/mol. The van der Waals surface area contributed by atoms with Crippen LogP contribution in [0.4, 0.5) is 0 Å². The molecule has 130 valence electrons. The molecule has 24 heavy (non-hydrogen) atoms. The first-order valence-electron chi connectivity index (χ1n) is 8.33. The molecule has 3 rings (SSSR count). The van der Waals surface area contributed by atoms with Crippen molar-refractivity contribution in [2.24, 2.45) is 5.41 Å². The molecule has 0 aromatic carbocycles. The van der Waals surface area contributed by atoms with E-state index in [1.807, 2.05) is 11.8 Å². The lowest BCUT2D eigenvalue weighted by molar-refractivity contribution is -0.134. The van der Waals surface area contributed by atoms with E-state index in [1.165, 1.54) is 18.7 Å². The fourth-order valence-electron chi connectivity index (χ4n) is 4.23. The number of nitrogens with zero attached hydrogens (tertiary/aromatic N) is 4. The zero-order chi connectivity index (χ0) is 17.4. The maximum atomic E-state index is 12.5. The molecule has 2 fully saturated rings. The number of likely N-dealkylation sites (tertiary alicyclic amines) is 2. The number of aromatic nitrogens is 2. The third-order valence-electron chi connectivity index (χ3n) is 5.54. The van der Waals surface area contributed by atoms with Crippen molar-refractivity contribution in [1.29, 1.82) is 0 Å². The van der Waals surface area contributed by atoms with E-state index < -0.39 is 5.54 Å². The fraction of sp³-hybridized carbons (Fsp3) is 0.647. The number of aliphatic hydroxyl groups is 1. The monoisotopic (exact) mass is 332 g/mol. The minimum absolute atomic E-state index is 0.00312. The Morgan fingerprint density at radius 3 is 2.38 bits per heavy atom. The van der Waals surface area contributed by atoms with E-state index in [9.17, 15) is 14.7 Å². The van der Waals surface area contributed by atoms with Crippen LogP contribution in [-0.4, -0.2) is 68.5 Å². The van der Waals surface area contributed by atoms with Gasteiger partial charge >= 0.3 is 0 Å². The number of hydrogen-bond acceptors (Lipinski definition) is 5. The molecule has 2 aliphatic rings. The summed E-state index contributed by atoms with van der Waals surface area (Å²) in [6.45, 7) is 5.44. The number of aliphatic hydroxyl groups excluding tert-OH is 1. The number of carbonyl (C=O) groups is 2. The lowest BCUT2D eigenvalue weighted by atomic mass is 9.74. The van der Waals surface area contributed by atoms with Crippen molar-refractivity contribution in [3.63, 3.8) is 0 Å². The molecule has 2 saturated heterocycles. The number of carbonyl (C=O) groups excluding carboxylic acids is 2. The van der Waals surface area contributed by atoms with E-state index in [0.717, 1.165) is 19.3 Å². The van der Waals surface area contributed by atoms with Gasteiger partial charge in [-0.3, -0.25) is 9.59 Å². The predicted octanol–water partition coefficient (Wildman–Crippen LogP) is 0.702. The molecule has 2 amide bonds. The van der Waals surface area contributed by atoms with Crippen LogP contribution < -0.4 is 0 Å². The first-order chi connectivity index (χ1) is 11.4. The predicted molar refractivity (Wildman–Crippen MR) is 87.1 cm³/mol. The molecule has 3 heterocycles. The van der Waals surface area contributed by atoms with Crippen LogP contribution in [0.15, 0.2) is 18.7 Å². The summed E-state index contributed by atoms with van der Waals surface area (Å²) < 4.78 is 0. The summed E-state index contributed by atoms with van der Waals surface area (Å²) in [6.07, 6.45) is 6.95. The van der Waals surface area contributed by atoms with Crippen molar-refractivity contribution < 1.29 is 14.7 Å². The molecule has 7 nitrogen and oxygen atoms in total. The molecule has 0 saturated carbocycles. The van der Waals surface area contributed by atoms with E-state index in [2.05, 4.69) is 9.97 Å². The normalized spacial score (nSPS) is 26.0. The van der Waals surface area contributed by atoms with Crippen LogP contribution in [0.5, 0.6) is 0 Å². The van der Waals surface area contributed by atoms with Gasteiger partial charge in [-0.2, -0.15) is 0 Å². The SMILES string of the molecule is CC(=O)N1CC2(CCN(C(=O)c3cncnc3)CC2)C[C@]1(C)CO. The van der Waals surface area contributed by atoms with E-state index in [1.54, 1.807) is 11.8 Å². The van der Waals surface area contributed by atoms with Crippen LogP contribution in [-0.2, 0) is 4.79 Å². The lowest BCUT2D eigenvalue weighted by Crippen LogP contribution is -2.46. The molecule has 1 N–H and O–H groups in total. The van der Waals surface area contributed by atoms with E-state index >= 15 is 0 Å². The molecule has 0 radical (unpaired) electrons. The van der Waals surface area contributed by atoms with Crippen molar-refractivity contribution >= 4 is 11.8 Å². The van der Waals surface area contributed by atoms with Gasteiger partial charge in [0.25, 0.3) is 5.91 Å². The molecule has 1 spiro atoms. The van der Waals surface area contributed by atoms with Gasteiger partial charge in [0, 0.05) is 39.0 Å². The fourth-order valence-corrected chi connectivity index (χ4v) is 4.23. The summed E-state index contributed by atoms with van der Waals surface area (Å²) in [4.78, 5) is 35.9. The average Bonchev–Trinajstić information content (AvgIpc) is 2.89. The zero-order valence-electron chi connectivity index (χ0n) is 14.2. The Balaban J connectivity index is 1.69. The second-order valence-electron chi connectivity index (χ2n) is 7.36. The third-order valence-corrected chi connectivity index (χ3v) is 5.54. The first kappa shape index (κ1) is 16.8. The highest BCUT2D eigenvalue weighted by molar-refractivity contribution is 5.93. The van der Waals surface area contributed by atoms with Crippen molar-refractivity contribution in [3.8, 4) is 0 Å². The van der Waals surface area contributed by atoms with Gasteiger partial charge in [0.15, 0.2) is 0 Å². The Morgan fingerprint density at radius 1 is 1.25 bits per heavy atom. The Bertz CT molecular complexity index is 628. The molecule has 2 aliphatic heterocycles. The molecule has 7 heteroatoms. The van der Waals surface area contributed by atoms with Gasteiger partial charge in [-0.05, 0) is 31.6 Å². The van der Waals surface area contributed by atoms with Crippen LogP contribution in [0.2, 0.25) is 0 Å². The Labute approximate surface area is 141 Å². The summed E-state index contributed by atoms with van der Waals surface area (Å²) in [5.41, 5.74) is 0.00344. The number of rotatable bonds is 2. The van der Waals surface area contributed by atoms with Gasteiger partial charge < -0.3 is 14.9 Å². The quantitative estimate of drug-likeness (QED) is 0.861. The maximum Gasteiger partial charge on any atom is 0.256 e. The van der Waals surface area contributed by atoms with Crippen LogP contribution in [0.1, 0.15) is 43.5 Å². The molecule has 0 bridgehead atoms. The van der Waals surface area contributed by atoms with Gasteiger partial charge in [-0.25, -0.2) is 9.97 Å². The minimum atomic E-state index is -0.495. The smallest absolute Gasteiger partial charge is 0.256 e. The summed E-state index contributed by atoms with van der Waals surface area (Å²) in [6, 6.07) is 0. The van der Waals surface area contributed by atoms with Crippen molar-refractivity contribution in [2.45, 2.75) is 38.6 Å². The third kappa shape index (κ3) is 2.88. The van der Waals surface area contributed by atoms with Crippen molar-refractivity contribution in [3.05, 3.63) is 24.3 Å². The first-order valence-corrected chi connectivity index (χ1v) is 8.33. The van der Waals surface area contributed by atoms with Gasteiger partial charge in [0.05, 0.1) is 17.7 Å². The molecule has 1 aromatic heterocycles. The highest BCUT2D eigenvalue weighted by atomic mass is 16.3. The van der Waals surface area contributed by atoms with Crippen LogP contribution in [0.3, 0.4) is 0 Å². The lowest BCUT2D eigenvalue weighted by Gasteiger charge is -2.39. The number of amides is 2. The number of piperidine rings is 1. The van der Waals surface area contributed by atoms with Crippen LogP contribution >= 0.6 is 0 Å². The second-order valence-corrected chi connectivity index (χ2v) is 7.36.